The number of hydrogen-bond acceptors (Lipinski definition) is 6. The predicted molar refractivity (Wildman–Crippen MR) is 155 cm³/mol. The molecule has 4 aromatic rings. The third kappa shape index (κ3) is 6.03. The highest BCUT2D eigenvalue weighted by Gasteiger charge is 2.24. The molecule has 1 aliphatic rings. The second kappa shape index (κ2) is 11.5. The molecule has 11 heteroatoms. The van der Waals surface area contributed by atoms with Crippen LogP contribution in [0.5, 0.6) is 0 Å². The lowest BCUT2D eigenvalue weighted by Gasteiger charge is -2.35. The number of fused-ring (bicyclic) bond motifs is 1. The van der Waals surface area contributed by atoms with E-state index >= 15 is 0 Å². The third-order valence-electron chi connectivity index (χ3n) is 6.77. The molecule has 0 saturated carbocycles. The molecule has 0 radical (unpaired) electrons. The first-order chi connectivity index (χ1) is 18.7. The minimum Gasteiger partial charge on any atom is -0.336 e. The molecular weight excluding hydrogens is 557 g/mol. The first-order valence-electron chi connectivity index (χ1n) is 12.4. The van der Waals surface area contributed by atoms with Crippen LogP contribution in [0.4, 0.5) is 5.69 Å². The molecule has 0 atom stereocenters. The van der Waals surface area contributed by atoms with Gasteiger partial charge in [-0.25, -0.2) is 8.42 Å². The summed E-state index contributed by atoms with van der Waals surface area (Å²) >= 11 is 12.3. The summed E-state index contributed by atoms with van der Waals surface area (Å²) < 4.78 is 29.2. The third-order valence-corrected chi connectivity index (χ3v) is 8.75. The number of halogens is 2. The van der Waals surface area contributed by atoms with Gasteiger partial charge in [-0.15, -0.1) is 0 Å². The number of nitrogens with zero attached hydrogens (tertiary/aromatic N) is 3. The van der Waals surface area contributed by atoms with Crippen molar-refractivity contribution >= 4 is 55.7 Å². The van der Waals surface area contributed by atoms with Crippen LogP contribution in [0.25, 0.3) is 10.9 Å². The first kappa shape index (κ1) is 27.4. The van der Waals surface area contributed by atoms with E-state index < -0.39 is 10.0 Å². The second-order valence-corrected chi connectivity index (χ2v) is 11.8. The van der Waals surface area contributed by atoms with E-state index in [2.05, 4.69) is 14.6 Å². The number of pyridine rings is 1. The average Bonchev–Trinajstić information content (AvgIpc) is 2.94. The normalized spacial score (nSPS) is 14.5. The molecule has 1 fully saturated rings. The molecule has 2 heterocycles. The van der Waals surface area contributed by atoms with Gasteiger partial charge >= 0.3 is 0 Å². The van der Waals surface area contributed by atoms with Gasteiger partial charge in [0, 0.05) is 66.5 Å². The first-order valence-corrected chi connectivity index (χ1v) is 14.6. The Kier molecular flexibility index (Phi) is 8.06. The number of piperazine rings is 1. The molecule has 3 aromatic carbocycles. The quantitative estimate of drug-likeness (QED) is 0.325. The number of anilines is 1. The number of aromatic nitrogens is 1. The highest BCUT2D eigenvalue weighted by molar-refractivity contribution is 7.93. The zero-order chi connectivity index (χ0) is 27.6. The van der Waals surface area contributed by atoms with E-state index in [0.29, 0.717) is 65.1 Å². The van der Waals surface area contributed by atoms with Crippen LogP contribution in [0.15, 0.2) is 77.8 Å². The van der Waals surface area contributed by atoms with E-state index in [1.165, 1.54) is 6.07 Å². The Bertz CT molecular complexity index is 1630. The fourth-order valence-corrected chi connectivity index (χ4v) is 6.42. The standard InChI is InChI=1S/C28H27Cl2N5O3S/c29-23-8-6-21(24(30)16-23)18-34-11-13-35(14-12-34)28(36)20-7-9-25(22(15-20)17-31)33-39(37,38)26-5-1-3-19-4-2-10-32-27(19)26/h1-10,15-16,33H,11-14,17-18,31H2. The molecule has 1 amide bonds. The number of carbonyl (C=O) groups is 1. The average molecular weight is 585 g/mol. The van der Waals surface area contributed by atoms with Crippen LogP contribution < -0.4 is 10.5 Å². The van der Waals surface area contributed by atoms with Gasteiger partial charge in [-0.2, -0.15) is 0 Å². The molecule has 0 bridgehead atoms. The van der Waals surface area contributed by atoms with E-state index in [9.17, 15) is 13.2 Å². The Morgan fingerprint density at radius 1 is 0.949 bits per heavy atom. The van der Waals surface area contributed by atoms with Gasteiger partial charge < -0.3 is 10.6 Å². The van der Waals surface area contributed by atoms with Crippen molar-refractivity contribution in [3.05, 3.63) is 99.7 Å². The van der Waals surface area contributed by atoms with Crippen LogP contribution in [-0.4, -0.2) is 55.3 Å². The molecule has 3 N–H and O–H groups in total. The van der Waals surface area contributed by atoms with Gasteiger partial charge in [0.1, 0.15) is 4.90 Å². The SMILES string of the molecule is NCc1cc(C(=O)N2CCN(Cc3ccc(Cl)cc3Cl)CC2)ccc1NS(=O)(=O)c1cccc2cccnc12. The van der Waals surface area contributed by atoms with Gasteiger partial charge in [0.15, 0.2) is 0 Å². The van der Waals surface area contributed by atoms with Crippen LogP contribution in [0.2, 0.25) is 10.0 Å². The molecule has 1 aromatic heterocycles. The van der Waals surface area contributed by atoms with Crippen molar-refractivity contribution in [1.29, 1.82) is 0 Å². The summed E-state index contributed by atoms with van der Waals surface area (Å²) in [6, 6.07) is 18.9. The molecule has 8 nitrogen and oxygen atoms in total. The maximum absolute atomic E-state index is 13.3. The summed E-state index contributed by atoms with van der Waals surface area (Å²) in [6.07, 6.45) is 1.56. The lowest BCUT2D eigenvalue weighted by molar-refractivity contribution is 0.0628. The summed E-state index contributed by atoms with van der Waals surface area (Å²) in [5, 5.41) is 1.94. The van der Waals surface area contributed by atoms with E-state index in [-0.39, 0.29) is 17.3 Å². The number of carbonyl (C=O) groups excluding carboxylic acids is 1. The van der Waals surface area contributed by atoms with E-state index in [4.69, 9.17) is 28.9 Å². The summed E-state index contributed by atoms with van der Waals surface area (Å²) in [4.78, 5) is 21.6. The Balaban J connectivity index is 1.28. The molecule has 1 saturated heterocycles. The Morgan fingerprint density at radius 3 is 2.46 bits per heavy atom. The van der Waals surface area contributed by atoms with Crippen LogP contribution in [-0.2, 0) is 23.1 Å². The van der Waals surface area contributed by atoms with Crippen LogP contribution >= 0.6 is 23.2 Å². The smallest absolute Gasteiger partial charge is 0.264 e. The topological polar surface area (TPSA) is 109 Å². The lowest BCUT2D eigenvalue weighted by atomic mass is 10.1. The molecule has 202 valence electrons. The summed E-state index contributed by atoms with van der Waals surface area (Å²) in [7, 11) is -3.95. The van der Waals surface area contributed by atoms with Crippen molar-refractivity contribution in [3.8, 4) is 0 Å². The monoisotopic (exact) mass is 583 g/mol. The summed E-state index contributed by atoms with van der Waals surface area (Å²) in [5.41, 5.74) is 8.64. The van der Waals surface area contributed by atoms with Crippen LogP contribution in [0.3, 0.4) is 0 Å². The highest BCUT2D eigenvalue weighted by Crippen LogP contribution is 2.27. The number of sulfonamides is 1. The van der Waals surface area contributed by atoms with Crippen molar-refractivity contribution in [2.24, 2.45) is 5.73 Å². The Labute approximate surface area is 237 Å². The number of amides is 1. The maximum atomic E-state index is 13.3. The van der Waals surface area contributed by atoms with Crippen molar-refractivity contribution < 1.29 is 13.2 Å². The van der Waals surface area contributed by atoms with Crippen molar-refractivity contribution in [2.45, 2.75) is 18.0 Å². The van der Waals surface area contributed by atoms with Gasteiger partial charge in [-0.3, -0.25) is 19.4 Å². The number of hydrogen-bond donors (Lipinski definition) is 2. The molecule has 39 heavy (non-hydrogen) atoms. The molecule has 0 unspecified atom stereocenters. The summed E-state index contributed by atoms with van der Waals surface area (Å²) in [6.45, 7) is 3.25. The van der Waals surface area contributed by atoms with Crippen molar-refractivity contribution in [3.63, 3.8) is 0 Å². The number of benzene rings is 3. The second-order valence-electron chi connectivity index (χ2n) is 9.32. The van der Waals surface area contributed by atoms with Gasteiger partial charge in [-0.05, 0) is 53.6 Å². The fourth-order valence-electron chi connectivity index (χ4n) is 4.67. The number of rotatable bonds is 7. The van der Waals surface area contributed by atoms with E-state index in [0.717, 1.165) is 10.9 Å². The number of nitrogens with two attached hydrogens (primary N) is 1. The predicted octanol–water partition coefficient (Wildman–Crippen LogP) is 4.76. The Morgan fingerprint density at radius 2 is 1.72 bits per heavy atom. The zero-order valence-electron chi connectivity index (χ0n) is 21.0. The minimum atomic E-state index is -3.95. The van der Waals surface area contributed by atoms with Gasteiger partial charge in [0.2, 0.25) is 0 Å². The number of para-hydroxylation sites is 1. The van der Waals surface area contributed by atoms with Crippen LogP contribution in [0.1, 0.15) is 21.5 Å². The molecule has 0 aliphatic carbocycles. The molecular formula is C28H27Cl2N5O3S. The largest absolute Gasteiger partial charge is 0.336 e. The zero-order valence-corrected chi connectivity index (χ0v) is 23.3. The van der Waals surface area contributed by atoms with Gasteiger partial charge in [0.25, 0.3) is 15.9 Å². The molecule has 5 rings (SSSR count). The lowest BCUT2D eigenvalue weighted by Crippen LogP contribution is -2.48. The van der Waals surface area contributed by atoms with E-state index in [1.54, 1.807) is 59.6 Å². The molecule has 1 aliphatic heterocycles. The maximum Gasteiger partial charge on any atom is 0.264 e. The van der Waals surface area contributed by atoms with E-state index in [1.807, 2.05) is 12.1 Å². The van der Waals surface area contributed by atoms with Crippen molar-refractivity contribution in [2.75, 3.05) is 30.9 Å². The van der Waals surface area contributed by atoms with Crippen molar-refractivity contribution in [1.82, 2.24) is 14.8 Å². The fraction of sp³-hybridized carbons (Fsp3) is 0.214. The van der Waals surface area contributed by atoms with Crippen LogP contribution in [0, 0.1) is 0 Å². The number of nitrogens with one attached hydrogen (secondary N) is 1. The van der Waals surface area contributed by atoms with Gasteiger partial charge in [-0.1, -0.05) is 47.5 Å². The van der Waals surface area contributed by atoms with Gasteiger partial charge in [0.05, 0.1) is 11.2 Å². The minimum absolute atomic E-state index is 0.0579. The Hall–Kier alpha value is -3.21. The highest BCUT2D eigenvalue weighted by atomic mass is 35.5. The molecule has 0 spiro atoms. The summed E-state index contributed by atoms with van der Waals surface area (Å²) in [5.74, 6) is -0.124.